The smallest absolute Gasteiger partial charge is 0.414 e. The van der Waals surface area contributed by atoms with Gasteiger partial charge in [-0.25, -0.2) is 9.59 Å². The normalized spacial score (nSPS) is 17.6. The molecule has 294 valence electrons. The minimum atomic E-state index is -2.28. The molecule has 2 aliphatic heterocycles. The van der Waals surface area contributed by atoms with Crippen molar-refractivity contribution >= 4 is 37.5 Å². The van der Waals surface area contributed by atoms with Gasteiger partial charge in [-0.3, -0.25) is 14.6 Å². The number of benzene rings is 1. The van der Waals surface area contributed by atoms with E-state index < -0.39 is 26.2 Å². The van der Waals surface area contributed by atoms with Crippen LogP contribution >= 0.6 is 0 Å². The van der Waals surface area contributed by atoms with Crippen LogP contribution in [0.3, 0.4) is 0 Å². The van der Waals surface area contributed by atoms with Crippen LogP contribution in [0.4, 0.5) is 10.5 Å². The zero-order chi connectivity index (χ0) is 38.4. The number of carbonyl (C=O) groups excluding carboxylic acids is 3. The fourth-order valence-corrected chi connectivity index (χ4v) is 7.51. The Morgan fingerprint density at radius 1 is 0.885 bits per heavy atom. The van der Waals surface area contributed by atoms with E-state index in [2.05, 4.69) is 52.2 Å². The highest BCUT2D eigenvalue weighted by atomic mass is 28.4. The van der Waals surface area contributed by atoms with Crippen LogP contribution in [0.25, 0.3) is 5.57 Å². The molecule has 52 heavy (non-hydrogen) atoms. The number of cyclic esters (lactones) is 1. The summed E-state index contributed by atoms with van der Waals surface area (Å²) >= 11 is 0. The van der Waals surface area contributed by atoms with Gasteiger partial charge in [-0.15, -0.1) is 0 Å². The zero-order valence-corrected chi connectivity index (χ0v) is 35.1. The summed E-state index contributed by atoms with van der Waals surface area (Å²) in [5, 5.41) is 2.90. The van der Waals surface area contributed by atoms with Gasteiger partial charge < -0.3 is 19.2 Å². The topological polar surface area (TPSA) is 97.4 Å². The molecule has 0 unspecified atom stereocenters. The molecule has 2 aliphatic rings. The lowest BCUT2D eigenvalue weighted by atomic mass is 10.0. The second kappa shape index (κ2) is 20.7. The molecule has 10 heteroatoms. The predicted molar refractivity (Wildman–Crippen MR) is 215 cm³/mol. The molecule has 0 spiro atoms. The van der Waals surface area contributed by atoms with Gasteiger partial charge in [-0.05, 0) is 68.6 Å². The molecule has 0 radical (unpaired) electrons. The van der Waals surface area contributed by atoms with Crippen LogP contribution in [0.15, 0.2) is 30.3 Å². The summed E-state index contributed by atoms with van der Waals surface area (Å²) < 4.78 is 18.0. The van der Waals surface area contributed by atoms with Crippen LogP contribution in [-0.4, -0.2) is 75.3 Å². The number of esters is 1. The summed E-state index contributed by atoms with van der Waals surface area (Å²) in [5.41, 5.74) is 2.24. The molecule has 1 N–H and O–H groups in total. The summed E-state index contributed by atoms with van der Waals surface area (Å²) in [6.07, 6.45) is 17.7. The maximum Gasteiger partial charge on any atom is 0.414 e. The largest absolute Gasteiger partial charge is 0.457 e. The Labute approximate surface area is 316 Å². The van der Waals surface area contributed by atoms with Crippen molar-refractivity contribution in [3.63, 3.8) is 0 Å². The van der Waals surface area contributed by atoms with Crippen molar-refractivity contribution in [2.45, 2.75) is 174 Å². The molecule has 0 aliphatic carbocycles. The van der Waals surface area contributed by atoms with Gasteiger partial charge in [-0.2, -0.15) is 0 Å². The highest BCUT2D eigenvalue weighted by molar-refractivity contribution is 6.74. The van der Waals surface area contributed by atoms with Crippen LogP contribution in [0, 0.1) is 0 Å². The van der Waals surface area contributed by atoms with E-state index in [0.717, 1.165) is 29.7 Å². The molecule has 0 aromatic heterocycles. The van der Waals surface area contributed by atoms with Gasteiger partial charge in [0, 0.05) is 25.2 Å². The Bertz CT molecular complexity index is 1300. The first-order valence-corrected chi connectivity index (χ1v) is 23.1. The highest BCUT2D eigenvalue weighted by Crippen LogP contribution is 2.39. The molecular formula is C42H71N3O6Si. The fourth-order valence-electron chi connectivity index (χ4n) is 6.36. The maximum atomic E-state index is 13.4. The fraction of sp³-hybridized carbons (Fsp3) is 0.738. The van der Waals surface area contributed by atoms with Gasteiger partial charge in [0.25, 0.3) is 0 Å². The zero-order valence-electron chi connectivity index (χ0n) is 34.1. The molecule has 1 fully saturated rings. The van der Waals surface area contributed by atoms with Crippen LogP contribution in [0.5, 0.6) is 0 Å². The molecule has 0 saturated carbocycles. The van der Waals surface area contributed by atoms with Crippen molar-refractivity contribution in [3.8, 4) is 0 Å². The molecule has 2 atom stereocenters. The molecule has 2 heterocycles. The summed E-state index contributed by atoms with van der Waals surface area (Å²) in [6.45, 7) is 20.5. The van der Waals surface area contributed by atoms with E-state index in [1.54, 1.807) is 4.90 Å². The van der Waals surface area contributed by atoms with E-state index in [9.17, 15) is 14.4 Å². The summed E-state index contributed by atoms with van der Waals surface area (Å²) in [5.74, 6) is -0.343. The molecule has 1 aromatic rings. The van der Waals surface area contributed by atoms with E-state index in [-0.39, 0.29) is 23.0 Å². The number of nitrogens with zero attached hydrogens (tertiary/aromatic N) is 2. The van der Waals surface area contributed by atoms with E-state index in [4.69, 9.17) is 13.9 Å². The van der Waals surface area contributed by atoms with Gasteiger partial charge in [0.1, 0.15) is 11.7 Å². The lowest BCUT2D eigenvalue weighted by Crippen LogP contribution is -2.53. The Morgan fingerprint density at radius 2 is 1.44 bits per heavy atom. The Morgan fingerprint density at radius 3 is 1.98 bits per heavy atom. The van der Waals surface area contributed by atoms with Gasteiger partial charge in [0.15, 0.2) is 8.32 Å². The minimum absolute atomic E-state index is 0.0180. The predicted octanol–water partition coefficient (Wildman–Crippen LogP) is 10.00. The first-order chi connectivity index (χ1) is 24.5. The van der Waals surface area contributed by atoms with Crippen LogP contribution in [0.2, 0.25) is 18.1 Å². The maximum absolute atomic E-state index is 13.4. The third kappa shape index (κ3) is 14.6. The van der Waals surface area contributed by atoms with E-state index in [0.29, 0.717) is 32.6 Å². The number of amides is 2. The van der Waals surface area contributed by atoms with Crippen molar-refractivity contribution in [2.75, 3.05) is 31.1 Å². The van der Waals surface area contributed by atoms with Crippen molar-refractivity contribution in [1.82, 2.24) is 10.2 Å². The molecule has 1 saturated heterocycles. The van der Waals surface area contributed by atoms with Crippen LogP contribution in [-0.2, 0) is 23.5 Å². The molecule has 0 bridgehead atoms. The third-order valence-corrected chi connectivity index (χ3v) is 15.0. The van der Waals surface area contributed by atoms with E-state index >= 15 is 0 Å². The number of nitrogens with one attached hydrogen (secondary N) is 1. The second-order valence-electron chi connectivity index (χ2n) is 17.4. The lowest BCUT2D eigenvalue weighted by molar-refractivity contribution is -0.173. The number of hydrogen-bond acceptors (Lipinski definition) is 7. The molecule has 3 rings (SSSR count). The first-order valence-electron chi connectivity index (χ1n) is 20.2. The van der Waals surface area contributed by atoms with Crippen LogP contribution < -0.4 is 10.2 Å². The number of unbranched alkanes of at least 4 members (excludes halogenated alkanes) is 12. The molecular weight excluding hydrogens is 671 g/mol. The van der Waals surface area contributed by atoms with Crippen molar-refractivity contribution in [3.05, 3.63) is 35.9 Å². The summed E-state index contributed by atoms with van der Waals surface area (Å²) in [4.78, 5) is 42.3. The third-order valence-electron chi connectivity index (χ3n) is 10.6. The van der Waals surface area contributed by atoms with Gasteiger partial charge in [-0.1, -0.05) is 123 Å². The number of rotatable bonds is 22. The van der Waals surface area contributed by atoms with Crippen molar-refractivity contribution in [1.29, 1.82) is 0 Å². The lowest BCUT2D eigenvalue weighted by Gasteiger charge is -2.41. The SMILES string of the molecule is CCCCCCCCCCCCCCCC(=O)NC[C@H]1CN(c2ccc(C3=CCN([C@@H](O[Si](C)(C)C(C)(C)C)C(=O)OC(C)(C)C)C3)cc2)C(=O)O1. The second-order valence-corrected chi connectivity index (χ2v) is 22.1. The molecule has 1 aromatic carbocycles. The first kappa shape index (κ1) is 43.7. The molecule has 2 amide bonds. The monoisotopic (exact) mass is 742 g/mol. The average molecular weight is 742 g/mol. The Balaban J connectivity index is 1.40. The van der Waals surface area contributed by atoms with Crippen molar-refractivity contribution in [2.24, 2.45) is 0 Å². The Hall–Kier alpha value is -2.69. The van der Waals surface area contributed by atoms with Crippen molar-refractivity contribution < 1.29 is 28.3 Å². The van der Waals surface area contributed by atoms with E-state index in [1.807, 2.05) is 49.9 Å². The molecule has 9 nitrogen and oxygen atoms in total. The quantitative estimate of drug-likeness (QED) is 0.0718. The van der Waals surface area contributed by atoms with Gasteiger partial charge in [0.2, 0.25) is 12.1 Å². The van der Waals surface area contributed by atoms with Crippen LogP contribution in [0.1, 0.15) is 144 Å². The average Bonchev–Trinajstić information content (AvgIpc) is 3.70. The Kier molecular flexibility index (Phi) is 17.4. The number of hydrogen-bond donors (Lipinski definition) is 1. The number of ether oxygens (including phenoxy) is 2. The highest BCUT2D eigenvalue weighted by Gasteiger charge is 2.44. The van der Waals surface area contributed by atoms with Gasteiger partial charge >= 0.3 is 12.1 Å². The minimum Gasteiger partial charge on any atom is -0.457 e. The number of carbonyl (C=O) groups is 3. The van der Waals surface area contributed by atoms with Gasteiger partial charge in [0.05, 0.1) is 13.1 Å². The van der Waals surface area contributed by atoms with E-state index in [1.165, 1.54) is 70.6 Å². The number of anilines is 1. The standard InChI is InChI=1S/C42H71N3O6Si/c1-10-11-12-13-14-15-16-17-18-19-20-21-22-23-37(46)43-30-36-32-45(40(48)49-36)35-26-24-33(25-27-35)34-28-29-44(31-34)38(39(47)50-41(2,3)4)51-52(8,9)42(5,6)7/h24-28,36,38H,10-23,29-32H2,1-9H3,(H,43,46)/t36-,38-/m0/s1. The summed E-state index contributed by atoms with van der Waals surface area (Å²) in [6, 6.07) is 7.85. The summed E-state index contributed by atoms with van der Waals surface area (Å²) in [7, 11) is -2.28.